The van der Waals surface area contributed by atoms with Crippen LogP contribution in [0.5, 0.6) is 17.4 Å². The van der Waals surface area contributed by atoms with Crippen LogP contribution in [0.4, 0.5) is 0 Å². The van der Waals surface area contributed by atoms with Crippen molar-refractivity contribution in [1.29, 1.82) is 0 Å². The number of nitrogens with one attached hydrogen (secondary N) is 1. The number of amides is 1. The van der Waals surface area contributed by atoms with Gasteiger partial charge in [-0.15, -0.1) is 0 Å². The van der Waals surface area contributed by atoms with Gasteiger partial charge < -0.3 is 14.4 Å². The van der Waals surface area contributed by atoms with E-state index in [9.17, 15) is 4.79 Å². The number of aromatic amines is 1. The van der Waals surface area contributed by atoms with E-state index < -0.39 is 0 Å². The summed E-state index contributed by atoms with van der Waals surface area (Å²) in [6.07, 6.45) is 0.801. The molecule has 1 amide bonds. The molecule has 2 aromatic heterocycles. The van der Waals surface area contributed by atoms with Crippen LogP contribution in [0.2, 0.25) is 10.0 Å². The van der Waals surface area contributed by atoms with E-state index in [2.05, 4.69) is 15.2 Å². The number of fused-ring (bicyclic) bond motifs is 1. The molecule has 9 heteroatoms. The van der Waals surface area contributed by atoms with Gasteiger partial charge in [-0.25, -0.2) is 4.98 Å². The van der Waals surface area contributed by atoms with Crippen molar-refractivity contribution in [2.24, 2.45) is 0 Å². The van der Waals surface area contributed by atoms with E-state index in [1.54, 1.807) is 30.2 Å². The Kier molecular flexibility index (Phi) is 5.83. The van der Waals surface area contributed by atoms with Gasteiger partial charge in [-0.2, -0.15) is 5.10 Å². The summed E-state index contributed by atoms with van der Waals surface area (Å²) in [5.41, 5.74) is 3.25. The molecule has 3 heterocycles. The van der Waals surface area contributed by atoms with Crippen molar-refractivity contribution in [2.45, 2.75) is 26.3 Å². The molecule has 7 nitrogen and oxygen atoms in total. The quantitative estimate of drug-likeness (QED) is 0.629. The van der Waals surface area contributed by atoms with Crippen LogP contribution in [0.3, 0.4) is 0 Å². The Bertz CT molecular complexity index is 1080. The van der Waals surface area contributed by atoms with Crippen molar-refractivity contribution in [2.75, 3.05) is 13.7 Å². The van der Waals surface area contributed by atoms with Gasteiger partial charge in [-0.1, -0.05) is 29.3 Å². The summed E-state index contributed by atoms with van der Waals surface area (Å²) in [7, 11) is 1.59. The highest BCUT2D eigenvalue weighted by atomic mass is 35.5. The molecule has 0 saturated carbocycles. The molecule has 0 fully saturated rings. The van der Waals surface area contributed by atoms with Crippen LogP contribution in [-0.4, -0.2) is 39.6 Å². The number of benzene rings is 1. The van der Waals surface area contributed by atoms with Gasteiger partial charge in [0.2, 0.25) is 11.8 Å². The van der Waals surface area contributed by atoms with Gasteiger partial charge in [0.05, 0.1) is 24.9 Å². The number of hydrogen-bond acceptors (Lipinski definition) is 5. The van der Waals surface area contributed by atoms with Crippen molar-refractivity contribution >= 4 is 29.1 Å². The largest absolute Gasteiger partial charge is 0.481 e. The smallest absolute Gasteiger partial charge is 0.229 e. The number of aromatic nitrogens is 3. The lowest BCUT2D eigenvalue weighted by Gasteiger charge is -2.28. The molecule has 0 bridgehead atoms. The summed E-state index contributed by atoms with van der Waals surface area (Å²) >= 11 is 12.1. The molecule has 0 spiro atoms. The summed E-state index contributed by atoms with van der Waals surface area (Å²) in [6.45, 7) is 2.93. The highest BCUT2D eigenvalue weighted by molar-refractivity contribution is 6.34. The first-order valence-corrected chi connectivity index (χ1v) is 10.2. The van der Waals surface area contributed by atoms with Gasteiger partial charge in [-0.05, 0) is 30.7 Å². The number of rotatable bonds is 5. The molecule has 30 heavy (non-hydrogen) atoms. The molecular formula is C21H20Cl2N4O3. The van der Waals surface area contributed by atoms with Gasteiger partial charge in [0.1, 0.15) is 11.4 Å². The number of halogens is 2. The zero-order valence-corrected chi connectivity index (χ0v) is 18.0. The first kappa shape index (κ1) is 20.5. The minimum Gasteiger partial charge on any atom is -0.481 e. The Morgan fingerprint density at radius 3 is 2.73 bits per heavy atom. The van der Waals surface area contributed by atoms with Crippen LogP contribution < -0.4 is 9.47 Å². The van der Waals surface area contributed by atoms with E-state index >= 15 is 0 Å². The summed E-state index contributed by atoms with van der Waals surface area (Å²) in [5, 5.41) is 8.09. The Morgan fingerprint density at radius 2 is 2.00 bits per heavy atom. The maximum Gasteiger partial charge on any atom is 0.229 e. The summed E-state index contributed by atoms with van der Waals surface area (Å²) < 4.78 is 11.1. The normalized spacial score (nSPS) is 13.1. The van der Waals surface area contributed by atoms with Gasteiger partial charge >= 0.3 is 0 Å². The number of hydrogen-bond donors (Lipinski definition) is 1. The number of H-pyrrole nitrogens is 1. The molecule has 0 saturated heterocycles. The van der Waals surface area contributed by atoms with Gasteiger partial charge in [-0.3, -0.25) is 9.89 Å². The van der Waals surface area contributed by atoms with Crippen LogP contribution in [0.1, 0.15) is 22.6 Å². The number of carbonyl (C=O) groups is 1. The van der Waals surface area contributed by atoms with E-state index in [1.165, 1.54) is 0 Å². The standard InChI is InChI=1S/C21H20Cl2N4O3/c1-12-21(30-16-8-14(22)7-15(23)9-16)18(26-25-12)10-20(28)27-6-5-17-13(11-27)3-4-19(24-17)29-2/h3-4,7-9H,5-6,10-11H2,1-2H3,(H,25,26). The van der Waals surface area contributed by atoms with E-state index in [4.69, 9.17) is 32.7 Å². The van der Waals surface area contributed by atoms with Crippen molar-refractivity contribution in [3.63, 3.8) is 0 Å². The minimum absolute atomic E-state index is 0.0306. The predicted octanol–water partition coefficient (Wildman–Crippen LogP) is 4.35. The molecule has 1 aliphatic rings. The topological polar surface area (TPSA) is 80.3 Å². The van der Waals surface area contributed by atoms with Gasteiger partial charge in [0, 0.05) is 35.6 Å². The maximum atomic E-state index is 13.0. The lowest BCUT2D eigenvalue weighted by atomic mass is 10.0. The van der Waals surface area contributed by atoms with Crippen molar-refractivity contribution in [3.8, 4) is 17.4 Å². The van der Waals surface area contributed by atoms with Crippen LogP contribution in [0.15, 0.2) is 30.3 Å². The molecule has 1 N–H and O–H groups in total. The molecule has 4 rings (SSSR count). The third-order valence-electron chi connectivity index (χ3n) is 4.92. The number of ether oxygens (including phenoxy) is 2. The lowest BCUT2D eigenvalue weighted by molar-refractivity contribution is -0.131. The number of methoxy groups -OCH3 is 1. The van der Waals surface area contributed by atoms with E-state index in [-0.39, 0.29) is 12.3 Å². The number of pyridine rings is 1. The summed E-state index contributed by atoms with van der Waals surface area (Å²) in [5.74, 6) is 1.54. The lowest BCUT2D eigenvalue weighted by Crippen LogP contribution is -2.37. The second-order valence-corrected chi connectivity index (χ2v) is 7.91. The molecule has 1 aliphatic heterocycles. The second-order valence-electron chi connectivity index (χ2n) is 7.03. The SMILES string of the molecule is COc1ccc2c(n1)CCN(C(=O)Cc1n[nH]c(C)c1Oc1cc(Cl)cc(Cl)c1)C2. The second kappa shape index (κ2) is 8.53. The molecule has 0 aliphatic carbocycles. The Morgan fingerprint density at radius 1 is 1.23 bits per heavy atom. The Hall–Kier alpha value is -2.77. The highest BCUT2D eigenvalue weighted by Gasteiger charge is 2.25. The predicted molar refractivity (Wildman–Crippen MR) is 113 cm³/mol. The maximum absolute atomic E-state index is 13.0. The highest BCUT2D eigenvalue weighted by Crippen LogP contribution is 2.32. The van der Waals surface area contributed by atoms with Crippen LogP contribution in [0, 0.1) is 6.92 Å². The first-order valence-electron chi connectivity index (χ1n) is 9.41. The fourth-order valence-corrected chi connectivity index (χ4v) is 3.91. The Labute approximate surface area is 183 Å². The van der Waals surface area contributed by atoms with Crippen molar-refractivity contribution in [1.82, 2.24) is 20.1 Å². The van der Waals surface area contributed by atoms with E-state index in [0.29, 0.717) is 58.3 Å². The van der Waals surface area contributed by atoms with Crippen molar-refractivity contribution < 1.29 is 14.3 Å². The number of nitrogens with zero attached hydrogens (tertiary/aromatic N) is 3. The monoisotopic (exact) mass is 446 g/mol. The van der Waals surface area contributed by atoms with Crippen LogP contribution in [0.25, 0.3) is 0 Å². The summed E-state index contributed by atoms with van der Waals surface area (Å²) in [4.78, 5) is 19.2. The van der Waals surface area contributed by atoms with Crippen LogP contribution >= 0.6 is 23.2 Å². The fourth-order valence-electron chi connectivity index (χ4n) is 3.41. The fraction of sp³-hybridized carbons (Fsp3) is 0.286. The van der Waals surface area contributed by atoms with Gasteiger partial charge in [0.15, 0.2) is 5.75 Å². The molecule has 1 aromatic carbocycles. The molecule has 0 unspecified atom stereocenters. The number of aryl methyl sites for hydroxylation is 1. The van der Waals surface area contributed by atoms with Gasteiger partial charge in [0.25, 0.3) is 0 Å². The average Bonchev–Trinajstić information content (AvgIpc) is 3.05. The molecule has 156 valence electrons. The average molecular weight is 447 g/mol. The minimum atomic E-state index is -0.0306. The first-order chi connectivity index (χ1) is 14.4. The Balaban J connectivity index is 1.49. The molecule has 0 radical (unpaired) electrons. The third-order valence-corrected chi connectivity index (χ3v) is 5.36. The molecular weight excluding hydrogens is 427 g/mol. The van der Waals surface area contributed by atoms with E-state index in [0.717, 1.165) is 11.3 Å². The molecule has 0 atom stereocenters. The third kappa shape index (κ3) is 4.37. The molecule has 3 aromatic rings. The van der Waals surface area contributed by atoms with E-state index in [1.807, 2.05) is 19.1 Å². The van der Waals surface area contributed by atoms with Crippen molar-refractivity contribution in [3.05, 3.63) is 63.0 Å². The van der Waals surface area contributed by atoms with Crippen LogP contribution in [-0.2, 0) is 24.2 Å². The zero-order chi connectivity index (χ0) is 21.3. The zero-order valence-electron chi connectivity index (χ0n) is 16.5. The number of carbonyl (C=O) groups excluding carboxylic acids is 1. The summed E-state index contributed by atoms with van der Waals surface area (Å²) in [6, 6.07) is 8.71.